The van der Waals surface area contributed by atoms with E-state index < -0.39 is 10.9 Å². The molecule has 21 heavy (non-hydrogen) atoms. The Labute approximate surface area is 123 Å². The normalized spacial score (nSPS) is 10.4. The Hall–Kier alpha value is -2.55. The number of nitrogens with zero attached hydrogens (tertiary/aromatic N) is 5. The maximum absolute atomic E-state index is 11.6. The van der Waals surface area contributed by atoms with Crippen LogP contribution in [0, 0.1) is 10.1 Å². The van der Waals surface area contributed by atoms with Crippen molar-refractivity contribution in [1.82, 2.24) is 20.2 Å². The average Bonchev–Trinajstić information content (AvgIpc) is 2.89. The molecule has 0 spiro atoms. The first-order chi connectivity index (χ1) is 10.0. The third-order valence-electron chi connectivity index (χ3n) is 2.56. The van der Waals surface area contributed by atoms with E-state index in [1.54, 1.807) is 6.92 Å². The second kappa shape index (κ2) is 6.27. The molecule has 2 rings (SSSR count). The second-order valence-electron chi connectivity index (χ2n) is 3.91. The van der Waals surface area contributed by atoms with Gasteiger partial charge in [-0.1, -0.05) is 11.6 Å². The highest BCUT2D eigenvalue weighted by Gasteiger charge is 2.18. The fraction of sp³-hybridized carbons (Fsp3) is 0.273. The van der Waals surface area contributed by atoms with E-state index in [1.165, 1.54) is 22.9 Å². The predicted octanol–water partition coefficient (Wildman–Crippen LogP) is 1.46. The van der Waals surface area contributed by atoms with E-state index in [-0.39, 0.29) is 29.7 Å². The van der Waals surface area contributed by atoms with E-state index >= 15 is 0 Å². The first-order valence-electron chi connectivity index (χ1n) is 5.89. The van der Waals surface area contributed by atoms with Crippen molar-refractivity contribution >= 4 is 23.3 Å². The molecular formula is C11H10ClN5O4. The van der Waals surface area contributed by atoms with Gasteiger partial charge in [0.25, 0.3) is 11.5 Å². The number of rotatable bonds is 5. The molecule has 2 aromatic rings. The lowest BCUT2D eigenvalue weighted by molar-refractivity contribution is -0.384. The zero-order valence-corrected chi connectivity index (χ0v) is 11.6. The van der Waals surface area contributed by atoms with Crippen LogP contribution in [0.2, 0.25) is 5.02 Å². The number of carbonyl (C=O) groups excluding carboxylic acids is 1. The molecule has 0 aliphatic heterocycles. The van der Waals surface area contributed by atoms with E-state index in [0.29, 0.717) is 5.56 Å². The number of halogens is 1. The first-order valence-corrected chi connectivity index (χ1v) is 6.26. The lowest BCUT2D eigenvalue weighted by Crippen LogP contribution is -2.15. The Morgan fingerprint density at radius 1 is 1.52 bits per heavy atom. The van der Waals surface area contributed by atoms with Gasteiger partial charge < -0.3 is 4.74 Å². The van der Waals surface area contributed by atoms with Crippen molar-refractivity contribution in [2.24, 2.45) is 0 Å². The number of aromatic nitrogens is 4. The number of nitro groups is 1. The number of non-ortho nitro benzene ring substituents is 1. The number of benzene rings is 1. The minimum atomic E-state index is -0.652. The molecule has 0 amide bonds. The highest BCUT2D eigenvalue weighted by Crippen LogP contribution is 2.23. The van der Waals surface area contributed by atoms with Crippen LogP contribution in [0.15, 0.2) is 18.2 Å². The van der Waals surface area contributed by atoms with E-state index in [0.717, 1.165) is 0 Å². The molecule has 1 heterocycles. The smallest absolute Gasteiger partial charge is 0.378 e. The maximum Gasteiger partial charge on any atom is 0.378 e. The number of nitro benzene ring substituents is 1. The predicted molar refractivity (Wildman–Crippen MR) is 71.0 cm³/mol. The molecule has 1 aromatic heterocycles. The zero-order valence-electron chi connectivity index (χ0n) is 10.9. The fourth-order valence-electron chi connectivity index (χ4n) is 1.59. The van der Waals surface area contributed by atoms with Crippen molar-refractivity contribution < 1.29 is 14.5 Å². The van der Waals surface area contributed by atoms with Crippen molar-refractivity contribution in [3.63, 3.8) is 0 Å². The molecule has 110 valence electrons. The zero-order chi connectivity index (χ0) is 15.4. The number of tetrazole rings is 1. The topological polar surface area (TPSA) is 113 Å². The molecule has 0 fully saturated rings. The van der Waals surface area contributed by atoms with Crippen LogP contribution in [0.4, 0.5) is 5.69 Å². The molecule has 10 heteroatoms. The van der Waals surface area contributed by atoms with Gasteiger partial charge in [0, 0.05) is 12.1 Å². The van der Waals surface area contributed by atoms with E-state index in [4.69, 9.17) is 16.3 Å². The molecule has 0 N–H and O–H groups in total. The fourth-order valence-corrected chi connectivity index (χ4v) is 1.83. The number of hydrogen-bond acceptors (Lipinski definition) is 7. The van der Waals surface area contributed by atoms with Crippen LogP contribution in [0.25, 0.3) is 0 Å². The molecule has 0 aliphatic rings. The van der Waals surface area contributed by atoms with Crippen molar-refractivity contribution in [2.45, 2.75) is 13.5 Å². The summed E-state index contributed by atoms with van der Waals surface area (Å²) < 4.78 is 6.03. The summed E-state index contributed by atoms with van der Waals surface area (Å²) in [6.45, 7) is 1.96. The first kappa shape index (κ1) is 14.9. The standard InChI is InChI=1S/C11H10ClN5O4/c1-2-21-11(18)10-13-14-15-16(10)6-7-3-4-8(17(19)20)5-9(7)12/h3-5H,2,6H2,1H3. The molecule has 1 aromatic carbocycles. The average molecular weight is 312 g/mol. The molecule has 0 unspecified atom stereocenters. The van der Waals surface area contributed by atoms with Gasteiger partial charge in [0.2, 0.25) is 0 Å². The minimum Gasteiger partial charge on any atom is -0.460 e. The van der Waals surface area contributed by atoms with Crippen LogP contribution in [0.3, 0.4) is 0 Å². The highest BCUT2D eigenvalue weighted by molar-refractivity contribution is 6.31. The van der Waals surface area contributed by atoms with Gasteiger partial charge in [-0.15, -0.1) is 5.10 Å². The summed E-state index contributed by atoms with van der Waals surface area (Å²) in [6, 6.07) is 4.03. The van der Waals surface area contributed by atoms with Crippen molar-refractivity contribution in [3.8, 4) is 0 Å². The third kappa shape index (κ3) is 3.31. The monoisotopic (exact) mass is 311 g/mol. The Bertz CT molecular complexity index is 687. The van der Waals surface area contributed by atoms with Gasteiger partial charge in [-0.3, -0.25) is 10.1 Å². The summed E-state index contributed by atoms with van der Waals surface area (Å²) in [6.07, 6.45) is 0. The van der Waals surface area contributed by atoms with Crippen molar-refractivity contribution in [2.75, 3.05) is 6.61 Å². The van der Waals surface area contributed by atoms with Crippen LogP contribution in [-0.2, 0) is 11.3 Å². The van der Waals surface area contributed by atoms with Gasteiger partial charge >= 0.3 is 5.97 Å². The van der Waals surface area contributed by atoms with E-state index in [9.17, 15) is 14.9 Å². The lowest BCUT2D eigenvalue weighted by Gasteiger charge is -2.06. The van der Waals surface area contributed by atoms with Gasteiger partial charge in [0.05, 0.1) is 23.1 Å². The molecule has 0 radical (unpaired) electrons. The molecule has 0 atom stereocenters. The minimum absolute atomic E-state index is 0.0636. The van der Waals surface area contributed by atoms with Crippen LogP contribution >= 0.6 is 11.6 Å². The van der Waals surface area contributed by atoms with Gasteiger partial charge in [-0.2, -0.15) is 0 Å². The van der Waals surface area contributed by atoms with Crippen LogP contribution in [-0.4, -0.2) is 37.7 Å². The van der Waals surface area contributed by atoms with Crippen LogP contribution in [0.5, 0.6) is 0 Å². The summed E-state index contributed by atoms with van der Waals surface area (Å²) in [7, 11) is 0. The van der Waals surface area contributed by atoms with Crippen molar-refractivity contribution in [3.05, 3.63) is 44.7 Å². The Balaban J connectivity index is 2.25. The third-order valence-corrected chi connectivity index (χ3v) is 2.91. The highest BCUT2D eigenvalue weighted by atomic mass is 35.5. The molecular weight excluding hydrogens is 302 g/mol. The maximum atomic E-state index is 11.6. The van der Waals surface area contributed by atoms with Gasteiger partial charge in [-0.25, -0.2) is 9.48 Å². The number of hydrogen-bond donors (Lipinski definition) is 0. The van der Waals surface area contributed by atoms with Crippen LogP contribution in [0.1, 0.15) is 23.1 Å². The van der Waals surface area contributed by atoms with Gasteiger partial charge in [0.15, 0.2) is 0 Å². The summed E-state index contributed by atoms with van der Waals surface area (Å²) >= 11 is 5.98. The number of carbonyl (C=O) groups is 1. The Morgan fingerprint density at radius 3 is 2.90 bits per heavy atom. The number of ether oxygens (including phenoxy) is 1. The summed E-state index contributed by atoms with van der Waals surface area (Å²) in [5, 5.41) is 21.5. The van der Waals surface area contributed by atoms with Gasteiger partial charge in [-0.05, 0) is 29.0 Å². The summed E-state index contributed by atoms with van der Waals surface area (Å²) in [5.74, 6) is -0.716. The van der Waals surface area contributed by atoms with E-state index in [1.807, 2.05) is 0 Å². The molecule has 0 saturated carbocycles. The quantitative estimate of drug-likeness (QED) is 0.466. The van der Waals surface area contributed by atoms with E-state index in [2.05, 4.69) is 15.5 Å². The lowest BCUT2D eigenvalue weighted by atomic mass is 10.2. The second-order valence-corrected chi connectivity index (χ2v) is 4.32. The van der Waals surface area contributed by atoms with Crippen LogP contribution < -0.4 is 0 Å². The molecule has 9 nitrogen and oxygen atoms in total. The summed E-state index contributed by atoms with van der Waals surface area (Å²) in [5.41, 5.74) is 0.422. The molecule has 0 aliphatic carbocycles. The Morgan fingerprint density at radius 2 is 2.29 bits per heavy atom. The molecule has 0 saturated heterocycles. The number of esters is 1. The van der Waals surface area contributed by atoms with Gasteiger partial charge in [0.1, 0.15) is 0 Å². The Kier molecular flexibility index (Phi) is 4.43. The summed E-state index contributed by atoms with van der Waals surface area (Å²) in [4.78, 5) is 21.7. The van der Waals surface area contributed by atoms with Crippen molar-refractivity contribution in [1.29, 1.82) is 0 Å². The SMILES string of the molecule is CCOC(=O)c1nnnn1Cc1ccc([N+](=O)[O-])cc1Cl. The molecule has 0 bridgehead atoms. The largest absolute Gasteiger partial charge is 0.460 e.